The molecule has 40 heavy (non-hydrogen) atoms. The Balaban J connectivity index is 1.13. The molecule has 0 radical (unpaired) electrons. The molecule has 1 fully saturated rings. The SMILES string of the molecule is COCc1nc(C=Cc2ccccc2OCC(O)CN2CCN(C(c3ccccc3)c3ccccc3)CC2)cs1. The zero-order valence-corrected chi connectivity index (χ0v) is 23.7. The van der Waals surface area contributed by atoms with Gasteiger partial charge in [0, 0.05) is 50.8 Å². The zero-order chi connectivity index (χ0) is 27.6. The lowest BCUT2D eigenvalue weighted by Gasteiger charge is -2.40. The number of piperazine rings is 1. The van der Waals surface area contributed by atoms with Crippen molar-refractivity contribution in [1.29, 1.82) is 0 Å². The monoisotopic (exact) mass is 555 g/mol. The van der Waals surface area contributed by atoms with E-state index in [1.54, 1.807) is 18.4 Å². The van der Waals surface area contributed by atoms with Gasteiger partial charge in [0.1, 0.15) is 23.5 Å². The van der Waals surface area contributed by atoms with Crippen molar-refractivity contribution >= 4 is 23.5 Å². The van der Waals surface area contributed by atoms with Crippen molar-refractivity contribution in [2.75, 3.05) is 46.4 Å². The van der Waals surface area contributed by atoms with E-state index in [2.05, 4.69) is 75.4 Å². The van der Waals surface area contributed by atoms with Crippen molar-refractivity contribution in [3.63, 3.8) is 0 Å². The predicted octanol–water partition coefficient (Wildman–Crippen LogP) is 5.61. The van der Waals surface area contributed by atoms with Gasteiger partial charge in [-0.15, -0.1) is 11.3 Å². The first-order valence-corrected chi connectivity index (χ1v) is 14.6. The molecular formula is C33H37N3O3S. The fraction of sp³-hybridized carbons (Fsp3) is 0.303. The Labute approximate surface area is 241 Å². The highest BCUT2D eigenvalue weighted by atomic mass is 32.1. The molecule has 0 spiro atoms. The van der Waals surface area contributed by atoms with Gasteiger partial charge in [-0.2, -0.15) is 0 Å². The van der Waals surface area contributed by atoms with Crippen molar-refractivity contribution < 1.29 is 14.6 Å². The fourth-order valence-electron chi connectivity index (χ4n) is 5.14. The number of ether oxygens (including phenoxy) is 2. The number of β-amino-alcohol motifs (C(OH)–C–C–N with tert-alkyl or cyclic N) is 1. The molecule has 4 aromatic rings. The van der Waals surface area contributed by atoms with E-state index >= 15 is 0 Å². The van der Waals surface area contributed by atoms with Crippen molar-refractivity contribution in [3.05, 3.63) is 118 Å². The largest absolute Gasteiger partial charge is 0.490 e. The van der Waals surface area contributed by atoms with E-state index < -0.39 is 6.10 Å². The number of thiazole rings is 1. The van der Waals surface area contributed by atoms with Crippen LogP contribution < -0.4 is 4.74 Å². The highest BCUT2D eigenvalue weighted by Crippen LogP contribution is 2.29. The molecule has 3 aromatic carbocycles. The number of para-hydroxylation sites is 1. The maximum atomic E-state index is 10.8. The van der Waals surface area contributed by atoms with E-state index in [0.29, 0.717) is 13.2 Å². The number of hydrogen-bond donors (Lipinski definition) is 1. The van der Waals surface area contributed by atoms with Crippen molar-refractivity contribution in [2.45, 2.75) is 18.8 Å². The number of aromatic nitrogens is 1. The van der Waals surface area contributed by atoms with Crippen molar-refractivity contribution in [2.24, 2.45) is 0 Å². The summed E-state index contributed by atoms with van der Waals surface area (Å²) in [5, 5.41) is 13.8. The van der Waals surface area contributed by atoms with E-state index in [9.17, 15) is 5.11 Å². The summed E-state index contributed by atoms with van der Waals surface area (Å²) < 4.78 is 11.2. The van der Waals surface area contributed by atoms with Crippen LogP contribution >= 0.6 is 11.3 Å². The molecule has 0 amide bonds. The molecule has 6 nitrogen and oxygen atoms in total. The molecule has 7 heteroatoms. The van der Waals surface area contributed by atoms with Gasteiger partial charge in [0.05, 0.1) is 18.3 Å². The molecule has 1 atom stereocenters. The second-order valence-corrected chi connectivity index (χ2v) is 10.9. The Morgan fingerprint density at radius 2 is 1.52 bits per heavy atom. The molecule has 2 heterocycles. The van der Waals surface area contributed by atoms with Crippen molar-refractivity contribution in [1.82, 2.24) is 14.8 Å². The topological polar surface area (TPSA) is 58.1 Å². The molecule has 1 aromatic heterocycles. The Morgan fingerprint density at radius 1 is 0.875 bits per heavy atom. The van der Waals surface area contributed by atoms with Gasteiger partial charge in [0.2, 0.25) is 0 Å². The second kappa shape index (κ2) is 14.3. The maximum Gasteiger partial charge on any atom is 0.126 e. The number of methoxy groups -OCH3 is 1. The van der Waals surface area contributed by atoms with Gasteiger partial charge in [-0.25, -0.2) is 4.98 Å². The van der Waals surface area contributed by atoms with E-state index in [1.807, 2.05) is 41.8 Å². The lowest BCUT2D eigenvalue weighted by atomic mass is 9.96. The van der Waals surface area contributed by atoms with Gasteiger partial charge >= 0.3 is 0 Å². The van der Waals surface area contributed by atoms with Crippen LogP contribution in [0.15, 0.2) is 90.3 Å². The third-order valence-corrected chi connectivity index (χ3v) is 7.93. The summed E-state index contributed by atoms with van der Waals surface area (Å²) in [6.07, 6.45) is 3.41. The minimum atomic E-state index is -0.572. The number of nitrogens with zero attached hydrogens (tertiary/aromatic N) is 3. The minimum Gasteiger partial charge on any atom is -0.490 e. The number of aliphatic hydroxyl groups excluding tert-OH is 1. The number of aliphatic hydroxyl groups is 1. The van der Waals surface area contributed by atoms with Gasteiger partial charge in [-0.1, -0.05) is 78.9 Å². The lowest BCUT2D eigenvalue weighted by Crippen LogP contribution is -2.50. The van der Waals surface area contributed by atoms with Crippen LogP contribution in [0.2, 0.25) is 0 Å². The summed E-state index contributed by atoms with van der Waals surface area (Å²) in [7, 11) is 1.67. The van der Waals surface area contributed by atoms with Crippen LogP contribution in [0.25, 0.3) is 12.2 Å². The minimum absolute atomic E-state index is 0.234. The third-order valence-electron chi connectivity index (χ3n) is 7.09. The molecule has 1 aliphatic rings. The van der Waals surface area contributed by atoms with Gasteiger partial charge < -0.3 is 14.6 Å². The molecule has 1 unspecified atom stereocenters. The normalized spacial score (nSPS) is 15.6. The highest BCUT2D eigenvalue weighted by molar-refractivity contribution is 7.09. The summed E-state index contributed by atoms with van der Waals surface area (Å²) >= 11 is 1.58. The van der Waals surface area contributed by atoms with E-state index in [-0.39, 0.29) is 12.6 Å². The van der Waals surface area contributed by atoms with Crippen LogP contribution in [-0.4, -0.2) is 72.4 Å². The predicted molar refractivity (Wildman–Crippen MR) is 162 cm³/mol. The number of benzene rings is 3. The van der Waals surface area contributed by atoms with Crippen LogP contribution in [0.4, 0.5) is 0 Å². The maximum absolute atomic E-state index is 10.8. The quantitative estimate of drug-likeness (QED) is 0.245. The molecule has 1 N–H and O–H groups in total. The average Bonchev–Trinajstić information content (AvgIpc) is 3.45. The van der Waals surface area contributed by atoms with Gasteiger partial charge in [-0.3, -0.25) is 9.80 Å². The molecular weight excluding hydrogens is 518 g/mol. The first kappa shape index (κ1) is 28.2. The fourth-order valence-corrected chi connectivity index (χ4v) is 5.87. The van der Waals surface area contributed by atoms with Gasteiger partial charge in [0.25, 0.3) is 0 Å². The Bertz CT molecular complexity index is 1300. The summed E-state index contributed by atoms with van der Waals surface area (Å²) in [5.41, 5.74) is 4.48. The molecule has 0 saturated carbocycles. The molecule has 0 bridgehead atoms. The first-order valence-electron chi connectivity index (χ1n) is 13.8. The zero-order valence-electron chi connectivity index (χ0n) is 22.9. The van der Waals surface area contributed by atoms with Gasteiger partial charge in [-0.05, 0) is 29.3 Å². The van der Waals surface area contributed by atoms with Crippen LogP contribution in [-0.2, 0) is 11.3 Å². The molecule has 5 rings (SSSR count). The molecule has 0 aliphatic carbocycles. The third kappa shape index (κ3) is 7.65. The van der Waals surface area contributed by atoms with Crippen molar-refractivity contribution in [3.8, 4) is 5.75 Å². The van der Waals surface area contributed by atoms with E-state index in [4.69, 9.17) is 9.47 Å². The van der Waals surface area contributed by atoms with Crippen LogP contribution in [0, 0.1) is 0 Å². The Morgan fingerprint density at radius 3 is 2.20 bits per heavy atom. The van der Waals surface area contributed by atoms with Crippen LogP contribution in [0.3, 0.4) is 0 Å². The number of hydrogen-bond acceptors (Lipinski definition) is 7. The van der Waals surface area contributed by atoms with E-state index in [1.165, 1.54) is 11.1 Å². The lowest BCUT2D eigenvalue weighted by molar-refractivity contribution is 0.0400. The standard InChI is InChI=1S/C33H37N3O3S/c1-38-24-32-34-29(25-40-32)17-16-26-10-8-9-15-31(26)39-23-30(37)22-35-18-20-36(21-19-35)33(27-11-4-2-5-12-27)28-13-6-3-7-14-28/h2-17,25,30,33,37H,18-24H2,1H3. The summed E-state index contributed by atoms with van der Waals surface area (Å²) in [5.74, 6) is 0.753. The Kier molecular flexibility index (Phi) is 10.1. The molecule has 208 valence electrons. The number of rotatable bonds is 12. The molecule has 1 saturated heterocycles. The molecule has 1 aliphatic heterocycles. The summed E-state index contributed by atoms with van der Waals surface area (Å²) in [4.78, 5) is 9.44. The summed E-state index contributed by atoms with van der Waals surface area (Å²) in [6.45, 7) is 5.06. The average molecular weight is 556 g/mol. The van der Waals surface area contributed by atoms with Crippen LogP contribution in [0.5, 0.6) is 5.75 Å². The first-order chi connectivity index (χ1) is 19.7. The van der Waals surface area contributed by atoms with Crippen LogP contribution in [0.1, 0.15) is 33.4 Å². The Hall–Kier alpha value is -3.33. The second-order valence-electron chi connectivity index (χ2n) is 10.00. The smallest absolute Gasteiger partial charge is 0.126 e. The highest BCUT2D eigenvalue weighted by Gasteiger charge is 2.27. The van der Waals surface area contributed by atoms with Gasteiger partial charge in [0.15, 0.2) is 0 Å². The van der Waals surface area contributed by atoms with E-state index in [0.717, 1.165) is 48.2 Å². The summed E-state index contributed by atoms with van der Waals surface area (Å²) in [6, 6.07) is 29.6.